The summed E-state index contributed by atoms with van der Waals surface area (Å²) in [7, 11) is -2.13. The number of carbonyl (C=O) groups excluding carboxylic acids is 1. The molecule has 5 nitrogen and oxygen atoms in total. The van der Waals surface area contributed by atoms with Gasteiger partial charge in [-0.05, 0) is 12.1 Å². The molecule has 1 aliphatic rings. The number of carbonyl (C=O) groups is 1. The van der Waals surface area contributed by atoms with Crippen LogP contribution in [-0.2, 0) is 10.0 Å². The summed E-state index contributed by atoms with van der Waals surface area (Å²) in [5.41, 5.74) is 0.640. The number of rotatable bonds is 3. The van der Waals surface area contributed by atoms with Crippen LogP contribution in [0.15, 0.2) is 35.7 Å². The molecule has 0 unspecified atom stereocenters. The Labute approximate surface area is 99.8 Å². The van der Waals surface area contributed by atoms with Gasteiger partial charge in [-0.15, -0.1) is 6.58 Å². The smallest absolute Gasteiger partial charge is 0.269 e. The summed E-state index contributed by atoms with van der Waals surface area (Å²) in [5.74, 6) is -0.503. The maximum Gasteiger partial charge on any atom is 0.269 e. The van der Waals surface area contributed by atoms with E-state index in [1.165, 1.54) is 12.1 Å². The molecule has 17 heavy (non-hydrogen) atoms. The van der Waals surface area contributed by atoms with Crippen LogP contribution >= 0.6 is 0 Å². The number of hydrogen-bond acceptors (Lipinski definition) is 4. The van der Waals surface area contributed by atoms with Crippen molar-refractivity contribution in [1.29, 1.82) is 0 Å². The molecule has 0 spiro atoms. The third-order valence-electron chi connectivity index (χ3n) is 2.58. The molecule has 0 radical (unpaired) electrons. The Morgan fingerprint density at radius 2 is 2.18 bits per heavy atom. The summed E-state index contributed by atoms with van der Waals surface area (Å²) >= 11 is 0. The summed E-state index contributed by atoms with van der Waals surface area (Å²) in [6.45, 7) is 3.44. The molecule has 6 heteroatoms. The zero-order chi connectivity index (χ0) is 12.6. The van der Waals surface area contributed by atoms with Crippen LogP contribution in [0.4, 0.5) is 5.69 Å². The summed E-state index contributed by atoms with van der Waals surface area (Å²) in [6.07, 6.45) is 1.39. The Balaban J connectivity index is 2.71. The number of amides is 1. The molecule has 0 saturated heterocycles. The summed E-state index contributed by atoms with van der Waals surface area (Å²) < 4.78 is 25.2. The van der Waals surface area contributed by atoms with E-state index in [0.717, 1.165) is 4.31 Å². The first kappa shape index (κ1) is 11.7. The van der Waals surface area contributed by atoms with E-state index >= 15 is 0 Å². The topological polar surface area (TPSA) is 66.5 Å². The van der Waals surface area contributed by atoms with Crippen LogP contribution in [0.2, 0.25) is 0 Å². The number of sulfonamides is 1. The molecule has 1 aromatic rings. The SMILES string of the molecule is C=CCN1C(=O)c2cccc(NC)c2S1(=O)=O. The summed E-state index contributed by atoms with van der Waals surface area (Å²) in [6, 6.07) is 4.79. The standard InChI is InChI=1S/C11H12N2O3S/c1-3-7-13-11(14)8-5-4-6-9(12-2)10(8)17(13,15)16/h3-6,12H,1,7H2,2H3. The molecule has 1 aromatic carbocycles. The average molecular weight is 252 g/mol. The molecular weight excluding hydrogens is 240 g/mol. The van der Waals surface area contributed by atoms with Gasteiger partial charge in [-0.2, -0.15) is 0 Å². The van der Waals surface area contributed by atoms with Gasteiger partial charge in [0.15, 0.2) is 0 Å². The zero-order valence-corrected chi connectivity index (χ0v) is 10.1. The Bertz CT molecular complexity index is 593. The van der Waals surface area contributed by atoms with Crippen molar-refractivity contribution >= 4 is 21.6 Å². The van der Waals surface area contributed by atoms with Gasteiger partial charge in [0.2, 0.25) is 0 Å². The summed E-state index contributed by atoms with van der Waals surface area (Å²) in [5, 5.41) is 2.78. The molecule has 0 bridgehead atoms. The van der Waals surface area contributed by atoms with Crippen LogP contribution < -0.4 is 5.32 Å². The van der Waals surface area contributed by atoms with Crippen molar-refractivity contribution in [3.05, 3.63) is 36.4 Å². The minimum absolute atomic E-state index is 0.0149. The highest BCUT2D eigenvalue weighted by atomic mass is 32.2. The normalized spacial score (nSPS) is 16.8. The molecule has 1 aliphatic heterocycles. The first-order valence-corrected chi connectivity index (χ1v) is 6.46. The van der Waals surface area contributed by atoms with Gasteiger partial charge in [0, 0.05) is 7.05 Å². The third kappa shape index (κ3) is 1.52. The second-order valence-corrected chi connectivity index (χ2v) is 5.36. The van der Waals surface area contributed by atoms with E-state index < -0.39 is 15.9 Å². The van der Waals surface area contributed by atoms with Crippen molar-refractivity contribution in [3.63, 3.8) is 0 Å². The van der Waals surface area contributed by atoms with Crippen LogP contribution in [0.25, 0.3) is 0 Å². The van der Waals surface area contributed by atoms with Crippen molar-refractivity contribution < 1.29 is 13.2 Å². The quantitative estimate of drug-likeness (QED) is 0.817. The number of anilines is 1. The fourth-order valence-corrected chi connectivity index (χ4v) is 3.55. The van der Waals surface area contributed by atoms with Crippen molar-refractivity contribution in [2.45, 2.75) is 4.90 Å². The van der Waals surface area contributed by atoms with Gasteiger partial charge >= 0.3 is 0 Å². The van der Waals surface area contributed by atoms with Gasteiger partial charge in [0.25, 0.3) is 15.9 Å². The van der Waals surface area contributed by atoms with Crippen LogP contribution in [-0.4, -0.2) is 32.2 Å². The average Bonchev–Trinajstić information content (AvgIpc) is 2.51. The largest absolute Gasteiger partial charge is 0.387 e. The van der Waals surface area contributed by atoms with E-state index in [4.69, 9.17) is 0 Å². The number of benzene rings is 1. The Morgan fingerprint density at radius 1 is 1.47 bits per heavy atom. The van der Waals surface area contributed by atoms with E-state index in [1.54, 1.807) is 19.2 Å². The van der Waals surface area contributed by atoms with Gasteiger partial charge in [-0.3, -0.25) is 4.79 Å². The molecule has 1 heterocycles. The molecule has 0 fully saturated rings. The molecule has 0 saturated carbocycles. The highest BCUT2D eigenvalue weighted by Gasteiger charge is 2.42. The first-order valence-electron chi connectivity index (χ1n) is 5.02. The second-order valence-electron chi connectivity index (χ2n) is 3.56. The second kappa shape index (κ2) is 3.89. The number of hydrogen-bond donors (Lipinski definition) is 1. The Hall–Kier alpha value is -1.82. The first-order chi connectivity index (χ1) is 8.04. The van der Waals surface area contributed by atoms with Crippen LogP contribution in [0.1, 0.15) is 10.4 Å². The molecule has 1 N–H and O–H groups in total. The van der Waals surface area contributed by atoms with E-state index in [0.29, 0.717) is 5.69 Å². The molecule has 0 aromatic heterocycles. The molecule has 2 rings (SSSR count). The van der Waals surface area contributed by atoms with E-state index in [9.17, 15) is 13.2 Å². The fourth-order valence-electron chi connectivity index (χ4n) is 1.83. The highest BCUT2D eigenvalue weighted by Crippen LogP contribution is 2.35. The monoisotopic (exact) mass is 252 g/mol. The molecular formula is C11H12N2O3S. The van der Waals surface area contributed by atoms with Crippen molar-refractivity contribution in [3.8, 4) is 0 Å². The lowest BCUT2D eigenvalue weighted by molar-refractivity contribution is 0.0880. The van der Waals surface area contributed by atoms with Gasteiger partial charge in [-0.1, -0.05) is 12.1 Å². The van der Waals surface area contributed by atoms with Crippen molar-refractivity contribution in [1.82, 2.24) is 4.31 Å². The predicted octanol–water partition coefficient (Wildman–Crippen LogP) is 1.06. The zero-order valence-electron chi connectivity index (χ0n) is 9.30. The lowest BCUT2D eigenvalue weighted by Crippen LogP contribution is -2.30. The van der Waals surface area contributed by atoms with Gasteiger partial charge < -0.3 is 5.32 Å². The lowest BCUT2D eigenvalue weighted by Gasteiger charge is -2.12. The van der Waals surface area contributed by atoms with Crippen LogP contribution in [0.5, 0.6) is 0 Å². The van der Waals surface area contributed by atoms with Gasteiger partial charge in [0.1, 0.15) is 4.90 Å². The highest BCUT2D eigenvalue weighted by molar-refractivity contribution is 7.90. The van der Waals surface area contributed by atoms with E-state index in [1.807, 2.05) is 0 Å². The van der Waals surface area contributed by atoms with E-state index in [-0.39, 0.29) is 17.0 Å². The molecule has 90 valence electrons. The number of nitrogens with zero attached hydrogens (tertiary/aromatic N) is 1. The fraction of sp³-hybridized carbons (Fsp3) is 0.182. The summed E-state index contributed by atoms with van der Waals surface area (Å²) in [4.78, 5) is 12.0. The number of fused-ring (bicyclic) bond motifs is 1. The molecule has 0 atom stereocenters. The Kier molecular flexibility index (Phi) is 2.66. The molecule has 1 amide bonds. The van der Waals surface area contributed by atoms with Crippen LogP contribution in [0, 0.1) is 0 Å². The molecule has 0 aliphatic carbocycles. The maximum atomic E-state index is 12.2. The lowest BCUT2D eigenvalue weighted by atomic mass is 10.2. The van der Waals surface area contributed by atoms with Crippen molar-refractivity contribution in [2.24, 2.45) is 0 Å². The third-order valence-corrected chi connectivity index (χ3v) is 4.44. The predicted molar refractivity (Wildman–Crippen MR) is 64.4 cm³/mol. The van der Waals surface area contributed by atoms with Crippen molar-refractivity contribution in [2.75, 3.05) is 18.9 Å². The maximum absolute atomic E-state index is 12.2. The van der Waals surface area contributed by atoms with Gasteiger partial charge in [-0.25, -0.2) is 12.7 Å². The Morgan fingerprint density at radius 3 is 2.76 bits per heavy atom. The number of nitrogens with one attached hydrogen (secondary N) is 1. The minimum atomic E-state index is -3.75. The van der Waals surface area contributed by atoms with Crippen LogP contribution in [0.3, 0.4) is 0 Å². The van der Waals surface area contributed by atoms with Gasteiger partial charge in [0.05, 0.1) is 17.8 Å². The van der Waals surface area contributed by atoms with E-state index in [2.05, 4.69) is 11.9 Å². The minimum Gasteiger partial charge on any atom is -0.387 e.